The van der Waals surface area contributed by atoms with Crippen molar-refractivity contribution in [3.05, 3.63) is 99.3 Å². The molecule has 12 nitrogen and oxygen atoms in total. The number of thioether (sulfide) groups is 1. The number of pyridine rings is 1. The van der Waals surface area contributed by atoms with E-state index in [1.165, 1.54) is 54.8 Å². The number of aromatic nitrogens is 2. The van der Waals surface area contributed by atoms with Crippen LogP contribution in [0.4, 0.5) is 0 Å². The number of carbonyl (C=O) groups is 4. The fourth-order valence-corrected chi connectivity index (χ4v) is 8.21. The van der Waals surface area contributed by atoms with Gasteiger partial charge in [0.1, 0.15) is 11.3 Å². The summed E-state index contributed by atoms with van der Waals surface area (Å²) in [7, 11) is 0. The topological polar surface area (TPSA) is 160 Å². The van der Waals surface area contributed by atoms with Crippen molar-refractivity contribution >= 4 is 69.2 Å². The molecule has 0 saturated carbocycles. The number of thiazole rings is 1. The lowest BCUT2D eigenvalue weighted by Crippen LogP contribution is -2.61. The molecule has 2 atom stereocenters. The molecule has 2 aliphatic heterocycles. The molecule has 0 unspecified atom stereocenters. The zero-order valence-electron chi connectivity index (χ0n) is 31.7. The van der Waals surface area contributed by atoms with E-state index in [1.54, 1.807) is 39.1 Å². The second kappa shape index (κ2) is 15.4. The molecular weight excluding hydrogens is 741 g/mol. The van der Waals surface area contributed by atoms with Crippen molar-refractivity contribution < 1.29 is 43.5 Å². The molecule has 2 aromatic heterocycles. The Hall–Kier alpha value is -5.34. The minimum Gasteiger partial charge on any atom is -0.504 e. The van der Waals surface area contributed by atoms with Crippen LogP contribution in [0.5, 0.6) is 11.5 Å². The number of hydrogen-bond donors (Lipinski definition) is 2. The Bertz CT molecular complexity index is 2280. The second-order valence-electron chi connectivity index (χ2n) is 15.0. The minimum atomic E-state index is -1.51. The maximum Gasteiger partial charge on any atom is 0.353 e. The van der Waals surface area contributed by atoms with Crippen molar-refractivity contribution in [2.75, 3.05) is 5.75 Å². The van der Waals surface area contributed by atoms with Crippen LogP contribution in [0.15, 0.2) is 82.6 Å². The summed E-state index contributed by atoms with van der Waals surface area (Å²) < 4.78 is 7.44. The first kappa shape index (κ1) is 39.4. The summed E-state index contributed by atoms with van der Waals surface area (Å²) in [6.07, 6.45) is 5.49. The average molecular weight is 784 g/mol. The summed E-state index contributed by atoms with van der Waals surface area (Å²) in [5.41, 5.74) is 1.65. The van der Waals surface area contributed by atoms with Crippen molar-refractivity contribution in [2.24, 2.45) is 11.1 Å². The Morgan fingerprint density at radius 2 is 1.76 bits per heavy atom. The summed E-state index contributed by atoms with van der Waals surface area (Å²) >= 11 is 2.81. The molecule has 0 spiro atoms. The number of ether oxygens (including phenoxy) is 1. The number of aryl methyl sites for hydroxylation is 1. The number of carbonyl (C=O) groups excluding carboxylic acids is 4. The summed E-state index contributed by atoms with van der Waals surface area (Å²) in [5, 5.41) is 26.8. The summed E-state index contributed by atoms with van der Waals surface area (Å²) in [5.74, 6) is -2.28. The number of fused-ring (bicyclic) bond motifs is 2. The predicted octanol–water partition coefficient (Wildman–Crippen LogP) is 6.24. The van der Waals surface area contributed by atoms with E-state index in [0.29, 0.717) is 28.6 Å². The van der Waals surface area contributed by atoms with Crippen molar-refractivity contribution in [1.29, 1.82) is 0 Å². The molecule has 2 aromatic carbocycles. The lowest BCUT2D eigenvalue weighted by atomic mass is 9.88. The molecule has 1 amide bonds. The number of aromatic hydroxyl groups is 2. The molecular formula is C41H43N4O8S2+. The number of hydrogen-bond acceptors (Lipinski definition) is 12. The van der Waals surface area contributed by atoms with Gasteiger partial charge in [0.25, 0.3) is 0 Å². The second-order valence-corrected chi connectivity index (χ2v) is 17.1. The van der Waals surface area contributed by atoms with Gasteiger partial charge in [-0.25, -0.2) is 9.78 Å². The molecule has 6 rings (SSSR count). The Morgan fingerprint density at radius 1 is 1.05 bits per heavy atom. The van der Waals surface area contributed by atoms with Gasteiger partial charge in [-0.3, -0.25) is 19.3 Å². The van der Waals surface area contributed by atoms with Gasteiger partial charge in [0.15, 0.2) is 41.5 Å². The van der Waals surface area contributed by atoms with E-state index >= 15 is 0 Å². The lowest BCUT2D eigenvalue weighted by Gasteiger charge is -2.49. The van der Waals surface area contributed by atoms with E-state index < -0.39 is 34.2 Å². The van der Waals surface area contributed by atoms with Crippen molar-refractivity contribution in [1.82, 2.24) is 9.88 Å². The lowest BCUT2D eigenvalue weighted by molar-refractivity contribution is -0.662. The van der Waals surface area contributed by atoms with Crippen molar-refractivity contribution in [3.63, 3.8) is 0 Å². The van der Waals surface area contributed by atoms with Crippen LogP contribution < -0.4 is 4.57 Å². The van der Waals surface area contributed by atoms with E-state index in [2.05, 4.69) is 10.1 Å². The average Bonchev–Trinajstić information content (AvgIpc) is 3.55. The molecule has 4 aromatic rings. The van der Waals surface area contributed by atoms with Crippen LogP contribution in [-0.2, 0) is 35.3 Å². The van der Waals surface area contributed by atoms with Crippen LogP contribution in [-0.4, -0.2) is 71.6 Å². The zero-order valence-corrected chi connectivity index (χ0v) is 33.3. The molecule has 2 aliphatic rings. The van der Waals surface area contributed by atoms with Crippen LogP contribution in [0.1, 0.15) is 69.8 Å². The zero-order chi connectivity index (χ0) is 39.8. The predicted molar refractivity (Wildman–Crippen MR) is 210 cm³/mol. The molecule has 1 saturated heterocycles. The van der Waals surface area contributed by atoms with E-state index in [9.17, 15) is 29.4 Å². The summed E-state index contributed by atoms with van der Waals surface area (Å²) in [6.45, 7) is 12.0. The van der Waals surface area contributed by atoms with E-state index in [-0.39, 0.29) is 41.0 Å². The van der Waals surface area contributed by atoms with Crippen LogP contribution in [0, 0.1) is 12.8 Å². The first-order chi connectivity index (χ1) is 25.9. The van der Waals surface area contributed by atoms with Gasteiger partial charge in [-0.15, -0.1) is 23.1 Å². The standard InChI is InChI=1S/C41H42N4O8S2/c1-23(46)36-28(15-14-25-10-12-26(13-11-25)20-44-16-8-9-27-17-32(47)33(48)19-31(27)44)21-55-38-29(37(50)45(36)38)18-34(49)35(30-22-54-24(2)42-30)43-53-41(6,7)39(51)52-40(3,4)5/h8-17,19,22,29,38,47H,18,20-21H2,1-7H3/p+1/b15-14?,43-35-/t29-,38-/m1/s1. The van der Waals surface area contributed by atoms with Gasteiger partial charge in [-0.05, 0) is 64.8 Å². The van der Waals surface area contributed by atoms with E-state index in [0.717, 1.165) is 22.0 Å². The number of esters is 1. The van der Waals surface area contributed by atoms with Gasteiger partial charge in [0.2, 0.25) is 17.0 Å². The molecule has 1 fully saturated rings. The Kier molecular flexibility index (Phi) is 11.0. The van der Waals surface area contributed by atoms with Gasteiger partial charge < -0.3 is 19.8 Å². The largest absolute Gasteiger partial charge is 0.504 e. The van der Waals surface area contributed by atoms with Gasteiger partial charge in [-0.1, -0.05) is 41.6 Å². The molecule has 286 valence electrons. The smallest absolute Gasteiger partial charge is 0.353 e. The van der Waals surface area contributed by atoms with Crippen LogP contribution in [0.25, 0.3) is 17.0 Å². The maximum absolute atomic E-state index is 13.8. The normalized spacial score (nSPS) is 17.7. The third kappa shape index (κ3) is 8.65. The SMILES string of the molecule is CC(=O)C1=C(C=Cc2ccc(C[n+]3cccc4cc(O)c(O)cc43)cc2)CS[C@@H]2[C@H](CC(=O)/C(=N\OC(C)(C)C(=O)OC(C)(C)C)c3csc(C)n3)C(=O)N12. The highest BCUT2D eigenvalue weighted by atomic mass is 32.2. The van der Waals surface area contributed by atoms with Crippen LogP contribution >= 0.6 is 23.1 Å². The highest BCUT2D eigenvalue weighted by Crippen LogP contribution is 2.46. The van der Waals surface area contributed by atoms with E-state index in [4.69, 9.17) is 9.57 Å². The number of β-lactam (4-membered cyclic amide) rings is 1. The molecule has 0 aliphatic carbocycles. The third-order valence-corrected chi connectivity index (χ3v) is 11.1. The fourth-order valence-electron chi connectivity index (χ4n) is 6.23. The third-order valence-electron chi connectivity index (χ3n) is 9.01. The highest BCUT2D eigenvalue weighted by molar-refractivity contribution is 8.00. The number of allylic oxidation sites excluding steroid dienone is 2. The molecule has 14 heteroatoms. The number of rotatable bonds is 12. The van der Waals surface area contributed by atoms with E-state index in [1.807, 2.05) is 59.3 Å². The van der Waals surface area contributed by atoms with Gasteiger partial charge in [0.05, 0.1) is 33.4 Å². The van der Waals surface area contributed by atoms with Crippen LogP contribution in [0.3, 0.4) is 0 Å². The molecule has 55 heavy (non-hydrogen) atoms. The molecule has 0 radical (unpaired) electrons. The minimum absolute atomic E-state index is 0.0969. The number of oxime groups is 1. The Morgan fingerprint density at radius 3 is 2.42 bits per heavy atom. The van der Waals surface area contributed by atoms with Crippen molar-refractivity contribution in [2.45, 2.75) is 78.0 Å². The Labute approximate surface area is 327 Å². The maximum atomic E-state index is 13.8. The highest BCUT2D eigenvalue weighted by Gasteiger charge is 2.53. The molecule has 2 N–H and O–H groups in total. The number of ketones is 2. The number of phenolic OH excluding ortho intramolecular Hbond substituents is 2. The van der Waals surface area contributed by atoms with Gasteiger partial charge in [-0.2, -0.15) is 4.57 Å². The quantitative estimate of drug-likeness (QED) is 0.0421. The van der Waals surface area contributed by atoms with Gasteiger partial charge >= 0.3 is 5.97 Å². The first-order valence-electron chi connectivity index (χ1n) is 17.7. The molecule has 0 bridgehead atoms. The fraction of sp³-hybridized carbons (Fsp3) is 0.341. The Balaban J connectivity index is 1.15. The first-order valence-corrected chi connectivity index (χ1v) is 19.6. The molecule has 4 heterocycles. The number of nitrogens with zero attached hydrogens (tertiary/aromatic N) is 4. The van der Waals surface area contributed by atoms with Crippen LogP contribution in [0.2, 0.25) is 0 Å². The number of amides is 1. The number of phenols is 2. The monoisotopic (exact) mass is 783 g/mol. The van der Waals surface area contributed by atoms with Crippen molar-refractivity contribution in [3.8, 4) is 11.5 Å². The summed E-state index contributed by atoms with van der Waals surface area (Å²) in [6, 6.07) is 14.7. The summed E-state index contributed by atoms with van der Waals surface area (Å²) in [4.78, 5) is 64.7. The van der Waals surface area contributed by atoms with Gasteiger partial charge in [0, 0.05) is 36.1 Å². The number of Topliss-reactive ketones (excluding diaryl/α,β-unsaturated/α-hetero) is 2. The number of benzene rings is 2.